The first kappa shape index (κ1) is 14.9. The molecule has 1 aromatic carbocycles. The molecule has 0 fully saturated rings. The van der Waals surface area contributed by atoms with Crippen molar-refractivity contribution in [3.8, 4) is 0 Å². The second-order valence-electron chi connectivity index (χ2n) is 4.09. The summed E-state index contributed by atoms with van der Waals surface area (Å²) < 4.78 is 13.1. The monoisotopic (exact) mass is 362 g/mol. The Kier molecular flexibility index (Phi) is 7.04. The SMILES string of the molecule is CCCCC/C=C(/I)S(=O)c1ccc(C)cc1. The quantitative estimate of drug-likeness (QED) is 0.516. The van der Waals surface area contributed by atoms with Crippen molar-refractivity contribution in [2.75, 3.05) is 0 Å². The molecule has 1 aromatic rings. The molecule has 1 nitrogen and oxygen atoms in total. The van der Waals surface area contributed by atoms with Gasteiger partial charge in [0.05, 0.1) is 13.7 Å². The second-order valence-corrected chi connectivity index (χ2v) is 7.43. The zero-order valence-corrected chi connectivity index (χ0v) is 13.4. The molecule has 0 aliphatic heterocycles. The normalized spacial score (nSPS) is 13.7. The Morgan fingerprint density at radius 1 is 1.29 bits per heavy atom. The summed E-state index contributed by atoms with van der Waals surface area (Å²) in [4.78, 5) is 0.895. The molecule has 0 spiro atoms. The van der Waals surface area contributed by atoms with Crippen molar-refractivity contribution in [3.05, 3.63) is 38.8 Å². The Balaban J connectivity index is 2.60. The smallest absolute Gasteiger partial charge is 0.0908 e. The summed E-state index contributed by atoms with van der Waals surface area (Å²) in [5, 5.41) is 0. The summed E-state index contributed by atoms with van der Waals surface area (Å²) in [6, 6.07) is 7.91. The minimum Gasteiger partial charge on any atom is -0.249 e. The van der Waals surface area contributed by atoms with Gasteiger partial charge >= 0.3 is 0 Å². The number of benzene rings is 1. The van der Waals surface area contributed by atoms with E-state index in [2.05, 4.69) is 35.6 Å². The molecule has 94 valence electrons. The molecule has 0 radical (unpaired) electrons. The molecule has 0 bridgehead atoms. The molecule has 17 heavy (non-hydrogen) atoms. The third kappa shape index (κ3) is 5.34. The average Bonchev–Trinajstić information content (AvgIpc) is 2.34. The number of unbranched alkanes of at least 4 members (excludes halogenated alkanes) is 3. The molecule has 0 saturated heterocycles. The van der Waals surface area contributed by atoms with Gasteiger partial charge in [0.15, 0.2) is 0 Å². The number of aryl methyl sites for hydroxylation is 1. The summed E-state index contributed by atoms with van der Waals surface area (Å²) in [6.45, 7) is 4.23. The van der Waals surface area contributed by atoms with Crippen LogP contribution in [0.1, 0.15) is 38.2 Å². The topological polar surface area (TPSA) is 17.1 Å². The lowest BCUT2D eigenvalue weighted by Gasteiger charge is -2.02. The molecule has 1 unspecified atom stereocenters. The van der Waals surface area contributed by atoms with Gasteiger partial charge < -0.3 is 0 Å². The van der Waals surface area contributed by atoms with E-state index in [0.717, 1.165) is 14.2 Å². The average molecular weight is 362 g/mol. The Hall–Kier alpha value is -0.160. The molecule has 1 atom stereocenters. The number of hydrogen-bond acceptors (Lipinski definition) is 1. The van der Waals surface area contributed by atoms with E-state index in [-0.39, 0.29) is 0 Å². The standard InChI is InChI=1S/C14H19IOS/c1-3-4-5-6-7-14(15)17(16)13-10-8-12(2)9-11-13/h7-11H,3-6H2,1-2H3/b14-7-. The Morgan fingerprint density at radius 3 is 2.53 bits per heavy atom. The van der Waals surface area contributed by atoms with Crippen LogP contribution in [0, 0.1) is 6.92 Å². The van der Waals surface area contributed by atoms with Crippen LogP contribution in [-0.4, -0.2) is 4.21 Å². The van der Waals surface area contributed by atoms with Crippen LogP contribution in [-0.2, 0) is 10.8 Å². The van der Waals surface area contributed by atoms with Crippen molar-refractivity contribution < 1.29 is 4.21 Å². The van der Waals surface area contributed by atoms with E-state index in [1.807, 2.05) is 31.2 Å². The number of rotatable bonds is 6. The number of hydrogen-bond donors (Lipinski definition) is 0. The summed E-state index contributed by atoms with van der Waals surface area (Å²) in [6.07, 6.45) is 6.80. The van der Waals surface area contributed by atoms with Gasteiger partial charge in [0, 0.05) is 4.90 Å². The maximum absolute atomic E-state index is 12.2. The highest BCUT2D eigenvalue weighted by molar-refractivity contribution is 14.1. The second kappa shape index (κ2) is 8.03. The number of allylic oxidation sites excluding steroid dienone is 1. The van der Waals surface area contributed by atoms with Crippen LogP contribution in [0.25, 0.3) is 0 Å². The molecular formula is C14H19IOS. The van der Waals surface area contributed by atoms with Crippen LogP contribution in [0.4, 0.5) is 0 Å². The molecule has 0 heterocycles. The Morgan fingerprint density at radius 2 is 1.94 bits per heavy atom. The van der Waals surface area contributed by atoms with Gasteiger partial charge in [-0.2, -0.15) is 0 Å². The van der Waals surface area contributed by atoms with Crippen molar-refractivity contribution in [3.63, 3.8) is 0 Å². The highest BCUT2D eigenvalue weighted by Crippen LogP contribution is 2.21. The lowest BCUT2D eigenvalue weighted by molar-refractivity contribution is 0.687. The third-order valence-electron chi connectivity index (χ3n) is 2.52. The predicted molar refractivity (Wildman–Crippen MR) is 83.8 cm³/mol. The third-order valence-corrected chi connectivity index (χ3v) is 5.39. The summed E-state index contributed by atoms with van der Waals surface area (Å²) in [5.41, 5.74) is 1.20. The molecule has 0 N–H and O–H groups in total. The Labute approximate surface area is 120 Å². The largest absolute Gasteiger partial charge is 0.249 e. The van der Waals surface area contributed by atoms with Crippen molar-refractivity contribution in [2.45, 2.75) is 44.4 Å². The molecule has 0 aromatic heterocycles. The minimum atomic E-state index is -0.994. The maximum Gasteiger partial charge on any atom is 0.0908 e. The highest BCUT2D eigenvalue weighted by Gasteiger charge is 2.06. The molecule has 1 rings (SSSR count). The zero-order valence-electron chi connectivity index (χ0n) is 10.4. The molecule has 0 aliphatic carbocycles. The van der Waals surface area contributed by atoms with E-state index in [4.69, 9.17) is 0 Å². The minimum absolute atomic E-state index is 0.895. The zero-order chi connectivity index (χ0) is 12.7. The fourth-order valence-electron chi connectivity index (χ4n) is 1.46. The summed E-state index contributed by atoms with van der Waals surface area (Å²) >= 11 is 2.19. The first-order valence-corrected chi connectivity index (χ1v) is 8.22. The molecule has 0 aliphatic rings. The van der Waals surface area contributed by atoms with Gasteiger partial charge in [-0.05, 0) is 54.5 Å². The molecule has 0 amide bonds. The molecule has 3 heteroatoms. The van der Waals surface area contributed by atoms with Gasteiger partial charge in [-0.15, -0.1) is 0 Å². The van der Waals surface area contributed by atoms with Gasteiger partial charge in [-0.1, -0.05) is 43.5 Å². The van der Waals surface area contributed by atoms with Gasteiger partial charge in [-0.25, -0.2) is 4.21 Å². The summed E-state index contributed by atoms with van der Waals surface area (Å²) in [5.74, 6) is 0. The van der Waals surface area contributed by atoms with E-state index in [1.165, 1.54) is 24.8 Å². The van der Waals surface area contributed by atoms with E-state index in [1.54, 1.807) is 0 Å². The van der Waals surface area contributed by atoms with Crippen molar-refractivity contribution in [1.29, 1.82) is 0 Å². The number of halogens is 1. The summed E-state index contributed by atoms with van der Waals surface area (Å²) in [7, 11) is -0.994. The van der Waals surface area contributed by atoms with Crippen molar-refractivity contribution in [1.82, 2.24) is 0 Å². The van der Waals surface area contributed by atoms with Crippen LogP contribution in [0.5, 0.6) is 0 Å². The maximum atomic E-state index is 12.2. The van der Waals surface area contributed by atoms with Crippen LogP contribution in [0.2, 0.25) is 0 Å². The first-order chi connectivity index (χ1) is 8.15. The van der Waals surface area contributed by atoms with Crippen LogP contribution >= 0.6 is 22.6 Å². The van der Waals surface area contributed by atoms with E-state index >= 15 is 0 Å². The highest BCUT2D eigenvalue weighted by atomic mass is 127. The lowest BCUT2D eigenvalue weighted by Crippen LogP contribution is -1.90. The van der Waals surface area contributed by atoms with Gasteiger partial charge in [-0.3, -0.25) is 0 Å². The van der Waals surface area contributed by atoms with E-state index in [0.29, 0.717) is 0 Å². The van der Waals surface area contributed by atoms with Crippen LogP contribution < -0.4 is 0 Å². The van der Waals surface area contributed by atoms with Crippen molar-refractivity contribution >= 4 is 33.4 Å². The van der Waals surface area contributed by atoms with Gasteiger partial charge in [0.1, 0.15) is 0 Å². The lowest BCUT2D eigenvalue weighted by atomic mass is 10.2. The van der Waals surface area contributed by atoms with Gasteiger partial charge in [0.25, 0.3) is 0 Å². The fourth-order valence-corrected chi connectivity index (χ4v) is 3.41. The van der Waals surface area contributed by atoms with Gasteiger partial charge in [0.2, 0.25) is 0 Å². The Bertz CT molecular complexity index is 395. The van der Waals surface area contributed by atoms with E-state index in [9.17, 15) is 4.21 Å². The fraction of sp³-hybridized carbons (Fsp3) is 0.429. The molecular weight excluding hydrogens is 343 g/mol. The van der Waals surface area contributed by atoms with Crippen LogP contribution in [0.15, 0.2) is 38.1 Å². The van der Waals surface area contributed by atoms with Crippen molar-refractivity contribution in [2.24, 2.45) is 0 Å². The van der Waals surface area contributed by atoms with E-state index < -0.39 is 10.8 Å². The van der Waals surface area contributed by atoms with Crippen LogP contribution in [0.3, 0.4) is 0 Å². The first-order valence-electron chi connectivity index (χ1n) is 5.99. The molecule has 0 saturated carbocycles. The predicted octanol–water partition coefficient (Wildman–Crippen LogP) is 4.96.